The molecular formula is C15H22N2O2. The standard InChI is InChI=1S/C15H22N2O2/c1-10-9-13(3-4-14(10)18)15(19)17-11(2)12-5-7-16-8-6-12/h3-4,9,11-12,16,18H,5-8H2,1-2H3,(H,17,19). The maximum Gasteiger partial charge on any atom is 0.251 e. The number of carbonyl (C=O) groups is 1. The van der Waals surface area contributed by atoms with Crippen molar-refractivity contribution in [1.29, 1.82) is 0 Å². The number of aryl methyl sites for hydroxylation is 1. The molecular weight excluding hydrogens is 240 g/mol. The summed E-state index contributed by atoms with van der Waals surface area (Å²) in [7, 11) is 0. The Labute approximate surface area is 114 Å². The van der Waals surface area contributed by atoms with Gasteiger partial charge in [-0.3, -0.25) is 4.79 Å². The average Bonchev–Trinajstić information content (AvgIpc) is 2.42. The first-order valence-electron chi connectivity index (χ1n) is 6.89. The number of phenolic OH excluding ortho intramolecular Hbond substituents is 1. The van der Waals surface area contributed by atoms with Crippen LogP contribution in [0.5, 0.6) is 5.75 Å². The molecule has 1 fully saturated rings. The minimum absolute atomic E-state index is 0.0610. The largest absolute Gasteiger partial charge is 0.508 e. The summed E-state index contributed by atoms with van der Waals surface area (Å²) in [5, 5.41) is 15.9. The first-order valence-corrected chi connectivity index (χ1v) is 6.89. The molecule has 3 N–H and O–H groups in total. The summed E-state index contributed by atoms with van der Waals surface area (Å²) < 4.78 is 0. The van der Waals surface area contributed by atoms with Gasteiger partial charge in [0.1, 0.15) is 5.75 Å². The minimum atomic E-state index is -0.0610. The SMILES string of the molecule is Cc1cc(C(=O)NC(C)C2CCNCC2)ccc1O. The molecule has 0 radical (unpaired) electrons. The lowest BCUT2D eigenvalue weighted by molar-refractivity contribution is 0.0920. The zero-order chi connectivity index (χ0) is 13.8. The Kier molecular flexibility index (Phi) is 4.43. The van der Waals surface area contributed by atoms with E-state index in [2.05, 4.69) is 17.6 Å². The summed E-state index contributed by atoms with van der Waals surface area (Å²) in [5.41, 5.74) is 1.33. The molecule has 0 saturated carbocycles. The molecule has 1 saturated heterocycles. The fourth-order valence-corrected chi connectivity index (χ4v) is 2.55. The molecule has 0 aliphatic carbocycles. The van der Waals surface area contributed by atoms with Crippen molar-refractivity contribution >= 4 is 5.91 Å². The average molecular weight is 262 g/mol. The molecule has 104 valence electrons. The highest BCUT2D eigenvalue weighted by Gasteiger charge is 2.21. The first-order chi connectivity index (χ1) is 9.08. The van der Waals surface area contributed by atoms with E-state index in [4.69, 9.17) is 0 Å². The Morgan fingerprint density at radius 2 is 2.11 bits per heavy atom. The van der Waals surface area contributed by atoms with Crippen LogP contribution in [0.15, 0.2) is 18.2 Å². The number of carbonyl (C=O) groups excluding carboxylic acids is 1. The molecule has 1 amide bonds. The van der Waals surface area contributed by atoms with Gasteiger partial charge >= 0.3 is 0 Å². The zero-order valence-corrected chi connectivity index (χ0v) is 11.6. The number of aromatic hydroxyl groups is 1. The third-order valence-electron chi connectivity index (χ3n) is 3.91. The highest BCUT2D eigenvalue weighted by molar-refractivity contribution is 5.94. The number of rotatable bonds is 3. The third-order valence-corrected chi connectivity index (χ3v) is 3.91. The molecule has 1 aliphatic rings. The lowest BCUT2D eigenvalue weighted by atomic mass is 9.91. The molecule has 1 atom stereocenters. The van der Waals surface area contributed by atoms with Gasteiger partial charge in [0, 0.05) is 11.6 Å². The van der Waals surface area contributed by atoms with Crippen LogP contribution in [-0.2, 0) is 0 Å². The van der Waals surface area contributed by atoms with E-state index in [0.717, 1.165) is 31.5 Å². The molecule has 1 aromatic carbocycles. The Balaban J connectivity index is 1.97. The Morgan fingerprint density at radius 1 is 1.42 bits per heavy atom. The number of benzene rings is 1. The van der Waals surface area contributed by atoms with E-state index >= 15 is 0 Å². The molecule has 4 heteroatoms. The smallest absolute Gasteiger partial charge is 0.251 e. The quantitative estimate of drug-likeness (QED) is 0.778. The molecule has 2 rings (SSSR count). The highest BCUT2D eigenvalue weighted by Crippen LogP contribution is 2.19. The maximum atomic E-state index is 12.2. The molecule has 4 nitrogen and oxygen atoms in total. The minimum Gasteiger partial charge on any atom is -0.508 e. The van der Waals surface area contributed by atoms with Crippen molar-refractivity contribution < 1.29 is 9.90 Å². The van der Waals surface area contributed by atoms with E-state index in [1.165, 1.54) is 0 Å². The second-order valence-corrected chi connectivity index (χ2v) is 5.35. The highest BCUT2D eigenvalue weighted by atomic mass is 16.3. The number of piperidine rings is 1. The van der Waals surface area contributed by atoms with Crippen molar-refractivity contribution in [3.8, 4) is 5.75 Å². The third kappa shape index (κ3) is 3.47. The predicted molar refractivity (Wildman–Crippen MR) is 75.4 cm³/mol. The van der Waals surface area contributed by atoms with Gasteiger partial charge in [-0.15, -0.1) is 0 Å². The normalized spacial score (nSPS) is 18.0. The van der Waals surface area contributed by atoms with E-state index in [0.29, 0.717) is 11.5 Å². The van der Waals surface area contributed by atoms with Crippen molar-refractivity contribution in [2.24, 2.45) is 5.92 Å². The van der Waals surface area contributed by atoms with Crippen LogP contribution in [0.3, 0.4) is 0 Å². The molecule has 0 aromatic heterocycles. The van der Waals surface area contributed by atoms with Crippen LogP contribution in [-0.4, -0.2) is 30.1 Å². The summed E-state index contributed by atoms with van der Waals surface area (Å²) in [5.74, 6) is 0.709. The van der Waals surface area contributed by atoms with Crippen LogP contribution in [0.2, 0.25) is 0 Å². The molecule has 0 spiro atoms. The van der Waals surface area contributed by atoms with Crippen molar-refractivity contribution in [3.63, 3.8) is 0 Å². The summed E-state index contributed by atoms with van der Waals surface area (Å²) in [6.07, 6.45) is 2.21. The molecule has 0 bridgehead atoms. The Bertz CT molecular complexity index is 453. The monoisotopic (exact) mass is 262 g/mol. The maximum absolute atomic E-state index is 12.2. The van der Waals surface area contributed by atoms with Crippen molar-refractivity contribution in [3.05, 3.63) is 29.3 Å². The second-order valence-electron chi connectivity index (χ2n) is 5.35. The number of hydrogen-bond donors (Lipinski definition) is 3. The van der Waals surface area contributed by atoms with Crippen LogP contribution in [0.1, 0.15) is 35.7 Å². The number of hydrogen-bond acceptors (Lipinski definition) is 3. The fourth-order valence-electron chi connectivity index (χ4n) is 2.55. The molecule has 1 aliphatic heterocycles. The van der Waals surface area contributed by atoms with Gasteiger partial charge in [0.25, 0.3) is 5.91 Å². The zero-order valence-electron chi connectivity index (χ0n) is 11.6. The van der Waals surface area contributed by atoms with Crippen LogP contribution >= 0.6 is 0 Å². The lowest BCUT2D eigenvalue weighted by Crippen LogP contribution is -2.42. The van der Waals surface area contributed by atoms with E-state index in [-0.39, 0.29) is 17.7 Å². The van der Waals surface area contributed by atoms with Gasteiger partial charge < -0.3 is 15.7 Å². The molecule has 1 heterocycles. The lowest BCUT2D eigenvalue weighted by Gasteiger charge is -2.28. The van der Waals surface area contributed by atoms with Gasteiger partial charge in [-0.25, -0.2) is 0 Å². The molecule has 19 heavy (non-hydrogen) atoms. The van der Waals surface area contributed by atoms with Gasteiger partial charge in [-0.1, -0.05) is 0 Å². The molecule has 1 unspecified atom stereocenters. The van der Waals surface area contributed by atoms with Crippen LogP contribution in [0.4, 0.5) is 0 Å². The number of phenols is 1. The summed E-state index contributed by atoms with van der Waals surface area (Å²) in [6.45, 7) is 5.93. The predicted octanol–water partition coefficient (Wildman–Crippen LogP) is 1.82. The summed E-state index contributed by atoms with van der Waals surface area (Å²) in [6, 6.07) is 5.13. The number of nitrogens with one attached hydrogen (secondary N) is 2. The van der Waals surface area contributed by atoms with Crippen molar-refractivity contribution in [2.75, 3.05) is 13.1 Å². The summed E-state index contributed by atoms with van der Waals surface area (Å²) >= 11 is 0. The van der Waals surface area contributed by atoms with E-state index in [9.17, 15) is 9.90 Å². The fraction of sp³-hybridized carbons (Fsp3) is 0.533. The van der Waals surface area contributed by atoms with Crippen molar-refractivity contribution in [1.82, 2.24) is 10.6 Å². The Morgan fingerprint density at radius 3 is 2.74 bits per heavy atom. The van der Waals surface area contributed by atoms with Crippen LogP contribution < -0.4 is 10.6 Å². The van der Waals surface area contributed by atoms with Crippen LogP contribution in [0, 0.1) is 12.8 Å². The van der Waals surface area contributed by atoms with Crippen LogP contribution in [0.25, 0.3) is 0 Å². The van der Waals surface area contributed by atoms with Gasteiger partial charge in [-0.05, 0) is 69.5 Å². The number of amides is 1. The first kappa shape index (κ1) is 13.9. The van der Waals surface area contributed by atoms with Gasteiger partial charge in [0.05, 0.1) is 0 Å². The van der Waals surface area contributed by atoms with E-state index in [1.807, 2.05) is 0 Å². The van der Waals surface area contributed by atoms with E-state index in [1.54, 1.807) is 25.1 Å². The van der Waals surface area contributed by atoms with Crippen molar-refractivity contribution in [2.45, 2.75) is 32.7 Å². The van der Waals surface area contributed by atoms with Gasteiger partial charge in [0.2, 0.25) is 0 Å². The van der Waals surface area contributed by atoms with Gasteiger partial charge in [0.15, 0.2) is 0 Å². The van der Waals surface area contributed by atoms with E-state index < -0.39 is 0 Å². The Hall–Kier alpha value is -1.55. The summed E-state index contributed by atoms with van der Waals surface area (Å²) in [4.78, 5) is 12.2. The second kappa shape index (κ2) is 6.06. The van der Waals surface area contributed by atoms with Gasteiger partial charge in [-0.2, -0.15) is 0 Å². The topological polar surface area (TPSA) is 61.4 Å². The molecule has 1 aromatic rings.